The first-order chi connectivity index (χ1) is 16.7. The van der Waals surface area contributed by atoms with Gasteiger partial charge in [-0.3, -0.25) is 9.52 Å². The molecule has 5 nitrogen and oxygen atoms in total. The molecule has 4 aromatic rings. The quantitative estimate of drug-likeness (QED) is 0.341. The second-order valence-corrected chi connectivity index (χ2v) is 10.3. The minimum absolute atomic E-state index is 0.167. The third-order valence-corrected chi connectivity index (χ3v) is 7.35. The number of rotatable bonds is 7. The number of benzene rings is 4. The second kappa shape index (κ2) is 10.2. The molecular weight excluding hydrogens is 456 g/mol. The van der Waals surface area contributed by atoms with Gasteiger partial charge >= 0.3 is 0 Å². The molecule has 0 unspecified atom stereocenters. The van der Waals surface area contributed by atoms with E-state index in [2.05, 4.69) is 10.0 Å². The zero-order valence-electron chi connectivity index (χ0n) is 19.9. The fraction of sp³-hybridized carbons (Fsp3) is 0.138. The fourth-order valence-corrected chi connectivity index (χ4v) is 5.01. The molecule has 0 aliphatic rings. The molecule has 35 heavy (non-hydrogen) atoms. The Labute approximate surface area is 206 Å². The summed E-state index contributed by atoms with van der Waals surface area (Å²) in [6, 6.07) is 29.1. The predicted molar refractivity (Wildman–Crippen MR) is 140 cm³/mol. The highest BCUT2D eigenvalue weighted by Gasteiger charge is 2.21. The molecule has 0 aromatic heterocycles. The van der Waals surface area contributed by atoms with Crippen molar-refractivity contribution in [2.75, 3.05) is 4.72 Å². The van der Waals surface area contributed by atoms with Gasteiger partial charge < -0.3 is 5.32 Å². The number of hydrogen-bond acceptors (Lipinski definition) is 3. The van der Waals surface area contributed by atoms with Crippen LogP contribution in [0.5, 0.6) is 0 Å². The van der Waals surface area contributed by atoms with E-state index in [9.17, 15) is 13.2 Å². The van der Waals surface area contributed by atoms with E-state index in [0.717, 1.165) is 22.3 Å². The standard InChI is InChI=1S/C29H28N2O3S/c1-20-12-16-24(17-13-20)28(23-8-5-4-6-9-23)30-29(32)26-10-7-11-27(22(26)3)31-35(33,34)25-18-14-21(2)15-19-25/h4-19,28,31H,1-3H3,(H,30,32)/t28-/m0/s1. The molecule has 4 rings (SSSR count). The Morgan fingerprint density at radius 2 is 1.26 bits per heavy atom. The number of carbonyl (C=O) groups is 1. The first-order valence-electron chi connectivity index (χ1n) is 11.4. The van der Waals surface area contributed by atoms with Crippen molar-refractivity contribution in [2.45, 2.75) is 31.7 Å². The van der Waals surface area contributed by atoms with Gasteiger partial charge in [0.2, 0.25) is 0 Å². The normalized spacial score (nSPS) is 12.1. The van der Waals surface area contributed by atoms with Crippen LogP contribution in [0.1, 0.15) is 44.2 Å². The van der Waals surface area contributed by atoms with Gasteiger partial charge in [0, 0.05) is 5.56 Å². The molecule has 4 aromatic carbocycles. The summed E-state index contributed by atoms with van der Waals surface area (Å²) in [5.41, 5.74) is 5.35. The van der Waals surface area contributed by atoms with Gasteiger partial charge in [-0.05, 0) is 61.7 Å². The van der Waals surface area contributed by atoms with Gasteiger partial charge in [0.15, 0.2) is 0 Å². The summed E-state index contributed by atoms with van der Waals surface area (Å²) in [5.74, 6) is -0.284. The van der Waals surface area contributed by atoms with Gasteiger partial charge in [-0.2, -0.15) is 0 Å². The van der Waals surface area contributed by atoms with Crippen molar-refractivity contribution >= 4 is 21.6 Å². The van der Waals surface area contributed by atoms with Gasteiger partial charge in [-0.15, -0.1) is 0 Å². The van der Waals surface area contributed by atoms with Crippen LogP contribution in [0.3, 0.4) is 0 Å². The summed E-state index contributed by atoms with van der Waals surface area (Å²) in [6.07, 6.45) is 0. The van der Waals surface area contributed by atoms with E-state index < -0.39 is 10.0 Å². The highest BCUT2D eigenvalue weighted by molar-refractivity contribution is 7.92. The zero-order valence-corrected chi connectivity index (χ0v) is 20.8. The van der Waals surface area contributed by atoms with Crippen LogP contribution in [0, 0.1) is 20.8 Å². The van der Waals surface area contributed by atoms with Crippen molar-refractivity contribution in [3.63, 3.8) is 0 Å². The van der Waals surface area contributed by atoms with E-state index in [4.69, 9.17) is 0 Å². The van der Waals surface area contributed by atoms with Gasteiger partial charge in [0.25, 0.3) is 15.9 Å². The highest BCUT2D eigenvalue weighted by Crippen LogP contribution is 2.26. The van der Waals surface area contributed by atoms with Crippen LogP contribution in [0.2, 0.25) is 0 Å². The average molecular weight is 485 g/mol. The summed E-state index contributed by atoms with van der Waals surface area (Å²) in [5, 5.41) is 3.14. The maximum absolute atomic E-state index is 13.4. The number of nitrogens with one attached hydrogen (secondary N) is 2. The van der Waals surface area contributed by atoms with Gasteiger partial charge in [0.05, 0.1) is 16.6 Å². The molecule has 0 aliphatic carbocycles. The average Bonchev–Trinajstić information content (AvgIpc) is 2.85. The molecule has 0 heterocycles. The van der Waals surface area contributed by atoms with Gasteiger partial charge in [-0.1, -0.05) is 83.9 Å². The lowest BCUT2D eigenvalue weighted by molar-refractivity contribution is 0.0942. The summed E-state index contributed by atoms with van der Waals surface area (Å²) < 4.78 is 28.5. The van der Waals surface area contributed by atoms with E-state index in [1.54, 1.807) is 49.4 Å². The van der Waals surface area contributed by atoms with Crippen molar-refractivity contribution in [1.82, 2.24) is 5.32 Å². The third-order valence-electron chi connectivity index (χ3n) is 5.97. The summed E-state index contributed by atoms with van der Waals surface area (Å²) >= 11 is 0. The number of hydrogen-bond donors (Lipinski definition) is 2. The molecule has 1 atom stereocenters. The molecule has 0 spiro atoms. The Balaban J connectivity index is 1.63. The van der Waals surface area contributed by atoms with Crippen LogP contribution in [-0.4, -0.2) is 14.3 Å². The van der Waals surface area contributed by atoms with Crippen LogP contribution in [0.25, 0.3) is 0 Å². The van der Waals surface area contributed by atoms with E-state index in [0.29, 0.717) is 16.8 Å². The maximum Gasteiger partial charge on any atom is 0.261 e. The Hall–Kier alpha value is -3.90. The predicted octanol–water partition coefficient (Wildman–Crippen LogP) is 5.93. The molecule has 0 saturated carbocycles. The molecule has 0 bridgehead atoms. The second-order valence-electron chi connectivity index (χ2n) is 8.62. The van der Waals surface area contributed by atoms with Gasteiger partial charge in [-0.25, -0.2) is 8.42 Å². The lowest BCUT2D eigenvalue weighted by Gasteiger charge is -2.21. The first kappa shape index (κ1) is 24.2. The van der Waals surface area contributed by atoms with E-state index >= 15 is 0 Å². The SMILES string of the molecule is Cc1ccc([C@@H](NC(=O)c2cccc(NS(=O)(=O)c3ccc(C)cc3)c2C)c2ccccc2)cc1. The summed E-state index contributed by atoms with van der Waals surface area (Å²) in [4.78, 5) is 13.6. The Bertz CT molecular complexity index is 1430. The number of carbonyl (C=O) groups excluding carboxylic acids is 1. The van der Waals surface area contributed by atoms with Crippen molar-refractivity contribution < 1.29 is 13.2 Å². The van der Waals surface area contributed by atoms with Crippen LogP contribution >= 0.6 is 0 Å². The van der Waals surface area contributed by atoms with E-state index in [1.165, 1.54) is 0 Å². The zero-order chi connectivity index (χ0) is 25.0. The molecule has 0 aliphatic heterocycles. The van der Waals surface area contributed by atoms with Gasteiger partial charge in [0.1, 0.15) is 0 Å². The Morgan fingerprint density at radius 3 is 1.89 bits per heavy atom. The number of amides is 1. The number of sulfonamides is 1. The van der Waals surface area contributed by atoms with E-state index in [-0.39, 0.29) is 16.8 Å². The number of anilines is 1. The molecule has 2 N–H and O–H groups in total. The molecule has 1 amide bonds. The van der Waals surface area contributed by atoms with Crippen molar-refractivity contribution in [3.05, 3.63) is 130 Å². The lowest BCUT2D eigenvalue weighted by Crippen LogP contribution is -2.30. The first-order valence-corrected chi connectivity index (χ1v) is 12.8. The molecule has 6 heteroatoms. The van der Waals surface area contributed by atoms with Crippen LogP contribution in [0.4, 0.5) is 5.69 Å². The molecular formula is C29H28N2O3S. The minimum atomic E-state index is -3.79. The molecule has 0 saturated heterocycles. The topological polar surface area (TPSA) is 75.3 Å². The smallest absolute Gasteiger partial charge is 0.261 e. The maximum atomic E-state index is 13.4. The Kier molecular flexibility index (Phi) is 7.03. The number of aryl methyl sites for hydroxylation is 2. The van der Waals surface area contributed by atoms with Crippen LogP contribution in [-0.2, 0) is 10.0 Å². The molecule has 178 valence electrons. The third kappa shape index (κ3) is 5.61. The van der Waals surface area contributed by atoms with Crippen LogP contribution in [0.15, 0.2) is 102 Å². The van der Waals surface area contributed by atoms with Crippen LogP contribution < -0.4 is 10.0 Å². The van der Waals surface area contributed by atoms with Crippen molar-refractivity contribution in [2.24, 2.45) is 0 Å². The minimum Gasteiger partial charge on any atom is -0.341 e. The van der Waals surface area contributed by atoms with Crippen molar-refractivity contribution in [3.8, 4) is 0 Å². The lowest BCUT2D eigenvalue weighted by atomic mass is 9.97. The van der Waals surface area contributed by atoms with Crippen molar-refractivity contribution in [1.29, 1.82) is 0 Å². The summed E-state index contributed by atoms with van der Waals surface area (Å²) in [7, 11) is -3.79. The highest BCUT2D eigenvalue weighted by atomic mass is 32.2. The summed E-state index contributed by atoms with van der Waals surface area (Å²) in [6.45, 7) is 5.66. The fourth-order valence-electron chi connectivity index (χ4n) is 3.89. The molecule has 0 radical (unpaired) electrons. The monoisotopic (exact) mass is 484 g/mol. The largest absolute Gasteiger partial charge is 0.341 e. The Morgan fingerprint density at radius 1 is 0.686 bits per heavy atom. The van der Waals surface area contributed by atoms with E-state index in [1.807, 2.05) is 68.4 Å². The molecule has 0 fully saturated rings.